The largest absolute Gasteiger partial charge is 0.484 e. The molecule has 1 fully saturated rings. The molecular weight excluding hydrogens is 254 g/mol. The van der Waals surface area contributed by atoms with Crippen molar-refractivity contribution in [1.82, 2.24) is 5.32 Å². The van der Waals surface area contributed by atoms with Crippen LogP contribution in [0.2, 0.25) is 0 Å². The number of aliphatic hydroxyl groups excluding tert-OH is 1. The first-order chi connectivity index (χ1) is 9.54. The molecule has 4 nitrogen and oxygen atoms in total. The van der Waals surface area contributed by atoms with E-state index in [4.69, 9.17) is 4.74 Å². The summed E-state index contributed by atoms with van der Waals surface area (Å²) in [5, 5.41) is 12.3. The molecule has 2 N–H and O–H groups in total. The monoisotopic (exact) mass is 277 g/mol. The van der Waals surface area contributed by atoms with E-state index in [1.54, 1.807) is 0 Å². The number of amides is 1. The molecule has 1 aromatic rings. The highest BCUT2D eigenvalue weighted by Crippen LogP contribution is 2.24. The number of ether oxygens (including phenoxy) is 1. The third-order valence-corrected chi connectivity index (χ3v) is 3.79. The van der Waals surface area contributed by atoms with Gasteiger partial charge in [-0.15, -0.1) is 0 Å². The lowest BCUT2D eigenvalue weighted by molar-refractivity contribution is -0.123. The van der Waals surface area contributed by atoms with Gasteiger partial charge in [0.15, 0.2) is 6.61 Å². The summed E-state index contributed by atoms with van der Waals surface area (Å²) >= 11 is 0. The quantitative estimate of drug-likeness (QED) is 0.865. The van der Waals surface area contributed by atoms with Crippen LogP contribution in [0.1, 0.15) is 30.4 Å². The van der Waals surface area contributed by atoms with E-state index >= 15 is 0 Å². The van der Waals surface area contributed by atoms with Crippen molar-refractivity contribution >= 4 is 5.91 Å². The second-order valence-electron chi connectivity index (χ2n) is 5.69. The first kappa shape index (κ1) is 14.9. The fourth-order valence-corrected chi connectivity index (χ4v) is 2.65. The Kier molecular flexibility index (Phi) is 5.01. The van der Waals surface area contributed by atoms with E-state index in [9.17, 15) is 9.90 Å². The molecule has 0 spiro atoms. The first-order valence-corrected chi connectivity index (χ1v) is 7.19. The van der Waals surface area contributed by atoms with Crippen LogP contribution in [0, 0.1) is 19.8 Å². The topological polar surface area (TPSA) is 58.6 Å². The second kappa shape index (κ2) is 6.75. The molecule has 0 aromatic heterocycles. The highest BCUT2D eigenvalue weighted by molar-refractivity contribution is 5.77. The zero-order valence-corrected chi connectivity index (χ0v) is 12.2. The van der Waals surface area contributed by atoms with Crippen LogP contribution in [0.5, 0.6) is 5.75 Å². The van der Waals surface area contributed by atoms with Gasteiger partial charge in [0.05, 0.1) is 6.10 Å². The highest BCUT2D eigenvalue weighted by Gasteiger charge is 2.22. The minimum atomic E-state index is -0.191. The lowest BCUT2D eigenvalue weighted by atomic mass is 10.1. The average Bonchev–Trinajstić information content (AvgIpc) is 2.81. The van der Waals surface area contributed by atoms with E-state index in [2.05, 4.69) is 5.32 Å². The van der Waals surface area contributed by atoms with Gasteiger partial charge < -0.3 is 15.2 Å². The van der Waals surface area contributed by atoms with Crippen molar-refractivity contribution < 1.29 is 14.6 Å². The van der Waals surface area contributed by atoms with Crippen molar-refractivity contribution in [3.63, 3.8) is 0 Å². The van der Waals surface area contributed by atoms with Crippen molar-refractivity contribution in [3.05, 3.63) is 29.3 Å². The van der Waals surface area contributed by atoms with Crippen molar-refractivity contribution in [2.45, 2.75) is 39.2 Å². The summed E-state index contributed by atoms with van der Waals surface area (Å²) in [7, 11) is 0. The van der Waals surface area contributed by atoms with Crippen molar-refractivity contribution in [2.75, 3.05) is 13.2 Å². The molecule has 1 aliphatic rings. The van der Waals surface area contributed by atoms with Crippen LogP contribution < -0.4 is 10.1 Å². The number of aryl methyl sites for hydroxylation is 2. The number of benzene rings is 1. The molecule has 4 heteroatoms. The number of hydrogen-bond donors (Lipinski definition) is 2. The van der Waals surface area contributed by atoms with E-state index in [0.29, 0.717) is 12.5 Å². The smallest absolute Gasteiger partial charge is 0.257 e. The second-order valence-corrected chi connectivity index (χ2v) is 5.69. The summed E-state index contributed by atoms with van der Waals surface area (Å²) in [5.41, 5.74) is 2.22. The molecule has 2 unspecified atom stereocenters. The van der Waals surface area contributed by atoms with Gasteiger partial charge in [-0.2, -0.15) is 0 Å². The van der Waals surface area contributed by atoms with E-state index in [0.717, 1.165) is 30.6 Å². The number of hydrogen-bond acceptors (Lipinski definition) is 3. The van der Waals surface area contributed by atoms with Crippen LogP contribution in [-0.2, 0) is 4.79 Å². The van der Waals surface area contributed by atoms with Gasteiger partial charge in [-0.25, -0.2) is 0 Å². The predicted octanol–water partition coefficient (Wildman–Crippen LogP) is 1.96. The molecule has 0 heterocycles. The highest BCUT2D eigenvalue weighted by atomic mass is 16.5. The molecule has 2 rings (SSSR count). The molecule has 0 aliphatic heterocycles. The average molecular weight is 277 g/mol. The molecule has 0 bridgehead atoms. The van der Waals surface area contributed by atoms with E-state index in [1.165, 1.54) is 5.56 Å². The Hall–Kier alpha value is -1.55. The molecule has 1 saturated carbocycles. The van der Waals surface area contributed by atoms with Crippen molar-refractivity contribution in [2.24, 2.45) is 5.92 Å². The summed E-state index contributed by atoms with van der Waals surface area (Å²) in [5.74, 6) is 1.04. The van der Waals surface area contributed by atoms with Crippen LogP contribution >= 0.6 is 0 Å². The van der Waals surface area contributed by atoms with Crippen LogP contribution in [0.15, 0.2) is 18.2 Å². The Balaban J connectivity index is 1.72. The molecule has 1 aliphatic carbocycles. The third-order valence-electron chi connectivity index (χ3n) is 3.79. The fraction of sp³-hybridized carbons (Fsp3) is 0.562. The van der Waals surface area contributed by atoms with Gasteiger partial charge in [0, 0.05) is 6.54 Å². The summed E-state index contributed by atoms with van der Waals surface area (Å²) in [4.78, 5) is 11.7. The van der Waals surface area contributed by atoms with Gasteiger partial charge in [0.25, 0.3) is 5.91 Å². The molecule has 20 heavy (non-hydrogen) atoms. The van der Waals surface area contributed by atoms with Gasteiger partial charge in [-0.05, 0) is 50.7 Å². The molecule has 1 aromatic carbocycles. The Labute approximate surface area is 120 Å². The van der Waals surface area contributed by atoms with Crippen LogP contribution in [0.25, 0.3) is 0 Å². The van der Waals surface area contributed by atoms with Gasteiger partial charge in [-0.3, -0.25) is 4.79 Å². The molecular formula is C16H23NO3. The van der Waals surface area contributed by atoms with Gasteiger partial charge in [0.1, 0.15) is 5.75 Å². The summed E-state index contributed by atoms with van der Waals surface area (Å²) in [6, 6.07) is 5.90. The third kappa shape index (κ3) is 4.23. The number of aliphatic hydroxyl groups is 1. The standard InChI is InChI=1S/C16H23NO3/c1-11-3-6-15(12(2)7-11)20-10-16(19)17-9-13-4-5-14(18)8-13/h3,6-7,13-14,18H,4-5,8-10H2,1-2H3,(H,17,19). The zero-order valence-electron chi connectivity index (χ0n) is 12.2. The zero-order chi connectivity index (χ0) is 14.5. The fourth-order valence-electron chi connectivity index (χ4n) is 2.65. The molecule has 2 atom stereocenters. The maximum absolute atomic E-state index is 11.7. The number of carbonyl (C=O) groups excluding carboxylic acids is 1. The SMILES string of the molecule is Cc1ccc(OCC(=O)NCC2CCC(O)C2)c(C)c1. The van der Waals surface area contributed by atoms with Crippen molar-refractivity contribution in [3.8, 4) is 5.75 Å². The first-order valence-electron chi connectivity index (χ1n) is 7.19. The maximum Gasteiger partial charge on any atom is 0.257 e. The maximum atomic E-state index is 11.7. The Morgan fingerprint density at radius 3 is 2.85 bits per heavy atom. The Bertz CT molecular complexity index is 473. The van der Waals surface area contributed by atoms with Gasteiger partial charge in [0.2, 0.25) is 0 Å². The number of rotatable bonds is 5. The minimum Gasteiger partial charge on any atom is -0.484 e. The molecule has 1 amide bonds. The van der Waals surface area contributed by atoms with E-state index in [1.807, 2.05) is 32.0 Å². The van der Waals surface area contributed by atoms with Gasteiger partial charge >= 0.3 is 0 Å². The number of carbonyl (C=O) groups is 1. The van der Waals surface area contributed by atoms with Gasteiger partial charge in [-0.1, -0.05) is 17.7 Å². The van der Waals surface area contributed by atoms with Crippen LogP contribution in [-0.4, -0.2) is 30.3 Å². The Morgan fingerprint density at radius 1 is 1.40 bits per heavy atom. The lowest BCUT2D eigenvalue weighted by Gasteiger charge is -2.12. The van der Waals surface area contributed by atoms with Crippen LogP contribution in [0.4, 0.5) is 0 Å². The lowest BCUT2D eigenvalue weighted by Crippen LogP contribution is -2.32. The molecule has 0 saturated heterocycles. The van der Waals surface area contributed by atoms with Crippen molar-refractivity contribution in [1.29, 1.82) is 0 Å². The summed E-state index contributed by atoms with van der Waals surface area (Å²) in [6.45, 7) is 4.67. The predicted molar refractivity (Wildman–Crippen MR) is 77.8 cm³/mol. The minimum absolute atomic E-state index is 0.0408. The molecule has 110 valence electrons. The summed E-state index contributed by atoms with van der Waals surface area (Å²) < 4.78 is 5.53. The number of nitrogens with one attached hydrogen (secondary N) is 1. The molecule has 0 radical (unpaired) electrons. The Morgan fingerprint density at radius 2 is 2.20 bits per heavy atom. The summed E-state index contributed by atoms with van der Waals surface area (Å²) in [6.07, 6.45) is 2.43. The van der Waals surface area contributed by atoms with Crippen LogP contribution in [0.3, 0.4) is 0 Å². The van der Waals surface area contributed by atoms with E-state index < -0.39 is 0 Å². The normalized spacial score (nSPS) is 21.8. The van der Waals surface area contributed by atoms with E-state index in [-0.39, 0.29) is 18.6 Å².